The number of ether oxygens (including phenoxy) is 1. The molecule has 0 bridgehead atoms. The summed E-state index contributed by atoms with van der Waals surface area (Å²) in [7, 11) is 1.51. The smallest absolute Gasteiger partial charge is 0.258 e. The lowest BCUT2D eigenvalue weighted by Gasteiger charge is -2.20. The Morgan fingerprint density at radius 1 is 1.23 bits per heavy atom. The highest BCUT2D eigenvalue weighted by molar-refractivity contribution is 6.31. The maximum absolute atomic E-state index is 13.3. The lowest BCUT2D eigenvalue weighted by atomic mass is 9.97. The van der Waals surface area contributed by atoms with Gasteiger partial charge in [0.2, 0.25) is 11.9 Å². The zero-order chi connectivity index (χ0) is 22.1. The number of aryl methyl sites for hydroxylation is 3. The predicted octanol–water partition coefficient (Wildman–Crippen LogP) is 3.23. The van der Waals surface area contributed by atoms with Gasteiger partial charge >= 0.3 is 0 Å². The Morgan fingerprint density at radius 2 is 2.00 bits per heavy atom. The molecule has 9 heteroatoms. The highest BCUT2D eigenvalue weighted by Crippen LogP contribution is 2.27. The van der Waals surface area contributed by atoms with Crippen LogP contribution in [0.1, 0.15) is 35.5 Å². The quantitative estimate of drug-likeness (QED) is 0.656. The molecule has 0 unspecified atom stereocenters. The molecular weight excluding hydrogens is 418 g/mol. The van der Waals surface area contributed by atoms with E-state index in [2.05, 4.69) is 10.4 Å². The van der Waals surface area contributed by atoms with Gasteiger partial charge in [-0.05, 0) is 63.8 Å². The maximum atomic E-state index is 13.3. The predicted molar refractivity (Wildman–Crippen MR) is 118 cm³/mol. The number of rotatable bonds is 5. The van der Waals surface area contributed by atoms with Gasteiger partial charge in [-0.2, -0.15) is 5.10 Å². The average Bonchev–Trinajstić information content (AvgIpc) is 3.08. The van der Waals surface area contributed by atoms with Crippen LogP contribution in [0.15, 0.2) is 29.1 Å². The summed E-state index contributed by atoms with van der Waals surface area (Å²) in [6.07, 6.45) is 3.36. The molecule has 0 fully saturated rings. The Kier molecular flexibility index (Phi) is 5.82. The van der Waals surface area contributed by atoms with Gasteiger partial charge < -0.3 is 10.1 Å². The van der Waals surface area contributed by atoms with Crippen molar-refractivity contribution in [3.8, 4) is 11.7 Å². The summed E-state index contributed by atoms with van der Waals surface area (Å²) in [5.41, 5.74) is 3.37. The second kappa shape index (κ2) is 8.55. The van der Waals surface area contributed by atoms with E-state index in [1.54, 1.807) is 22.9 Å². The summed E-state index contributed by atoms with van der Waals surface area (Å²) >= 11 is 6.06. The number of anilines is 1. The maximum Gasteiger partial charge on any atom is 0.258 e. The van der Waals surface area contributed by atoms with Crippen LogP contribution in [-0.4, -0.2) is 32.3 Å². The summed E-state index contributed by atoms with van der Waals surface area (Å²) in [6.45, 7) is 3.57. The van der Waals surface area contributed by atoms with Gasteiger partial charge in [-0.25, -0.2) is 9.67 Å². The fourth-order valence-electron chi connectivity index (χ4n) is 3.92. The second-order valence-corrected chi connectivity index (χ2v) is 8.10. The third-order valence-electron chi connectivity index (χ3n) is 5.35. The van der Waals surface area contributed by atoms with Gasteiger partial charge in [0.25, 0.3) is 5.56 Å². The van der Waals surface area contributed by atoms with E-state index < -0.39 is 0 Å². The van der Waals surface area contributed by atoms with Crippen LogP contribution in [0.3, 0.4) is 0 Å². The van der Waals surface area contributed by atoms with E-state index in [0.717, 1.165) is 36.3 Å². The first kappa shape index (κ1) is 21.1. The molecular formula is C22H24ClN5O3. The van der Waals surface area contributed by atoms with Crippen LogP contribution in [0, 0.1) is 13.8 Å². The molecule has 0 aliphatic heterocycles. The Bertz CT molecular complexity index is 1210. The number of methoxy groups -OCH3 is 1. The third kappa shape index (κ3) is 4.20. The molecule has 1 aliphatic carbocycles. The number of halogens is 1. The average molecular weight is 442 g/mol. The second-order valence-electron chi connectivity index (χ2n) is 7.67. The van der Waals surface area contributed by atoms with Gasteiger partial charge in [0, 0.05) is 16.3 Å². The van der Waals surface area contributed by atoms with Crippen LogP contribution < -0.4 is 15.6 Å². The molecule has 0 spiro atoms. The van der Waals surface area contributed by atoms with Crippen LogP contribution in [0.4, 0.5) is 5.69 Å². The molecule has 162 valence electrons. The number of carbonyl (C=O) groups excluding carboxylic acids is 1. The molecule has 1 amide bonds. The lowest BCUT2D eigenvalue weighted by molar-refractivity contribution is -0.116. The van der Waals surface area contributed by atoms with Crippen molar-refractivity contribution in [1.82, 2.24) is 19.3 Å². The summed E-state index contributed by atoms with van der Waals surface area (Å²) in [5.74, 6) is 0.444. The normalized spacial score (nSPS) is 13.0. The standard InChI is InChI=1S/C22H24ClN5O3/c1-13-10-14(2)28(26-13)22-25-17-7-5-4-6-16(17)21(30)27(22)12-20(29)24-18-11-15(23)8-9-19(18)31-3/h8-11H,4-7,12H2,1-3H3,(H,24,29). The van der Waals surface area contributed by atoms with Gasteiger partial charge in [0.15, 0.2) is 0 Å². The number of nitrogens with one attached hydrogen (secondary N) is 1. The molecule has 2 heterocycles. The minimum absolute atomic E-state index is 0.194. The summed E-state index contributed by atoms with van der Waals surface area (Å²) in [4.78, 5) is 31.0. The van der Waals surface area contributed by atoms with Crippen LogP contribution >= 0.6 is 11.6 Å². The molecule has 0 radical (unpaired) electrons. The molecule has 1 aromatic carbocycles. The van der Waals surface area contributed by atoms with Crippen molar-refractivity contribution in [2.75, 3.05) is 12.4 Å². The molecule has 8 nitrogen and oxygen atoms in total. The molecule has 0 atom stereocenters. The highest BCUT2D eigenvalue weighted by Gasteiger charge is 2.23. The van der Waals surface area contributed by atoms with E-state index in [1.165, 1.54) is 11.7 Å². The minimum Gasteiger partial charge on any atom is -0.495 e. The van der Waals surface area contributed by atoms with Crippen molar-refractivity contribution >= 4 is 23.2 Å². The van der Waals surface area contributed by atoms with Crippen molar-refractivity contribution in [2.45, 2.75) is 46.1 Å². The Hall–Kier alpha value is -3.13. The van der Waals surface area contributed by atoms with E-state index in [-0.39, 0.29) is 18.0 Å². The van der Waals surface area contributed by atoms with Crippen LogP contribution in [0.25, 0.3) is 5.95 Å². The molecule has 0 saturated heterocycles. The van der Waals surface area contributed by atoms with E-state index in [1.807, 2.05) is 19.9 Å². The van der Waals surface area contributed by atoms with Gasteiger partial charge in [0.1, 0.15) is 12.3 Å². The van der Waals surface area contributed by atoms with Crippen LogP contribution in [-0.2, 0) is 24.2 Å². The highest BCUT2D eigenvalue weighted by atomic mass is 35.5. The Labute approximate surface area is 184 Å². The van der Waals surface area contributed by atoms with Gasteiger partial charge in [-0.3, -0.25) is 14.2 Å². The largest absolute Gasteiger partial charge is 0.495 e. The monoisotopic (exact) mass is 441 g/mol. The van der Waals surface area contributed by atoms with Crippen molar-refractivity contribution in [3.05, 3.63) is 62.3 Å². The summed E-state index contributed by atoms with van der Waals surface area (Å²) < 4.78 is 8.32. The third-order valence-corrected chi connectivity index (χ3v) is 5.59. The number of benzene rings is 1. The summed E-state index contributed by atoms with van der Waals surface area (Å²) in [6, 6.07) is 6.86. The first-order valence-electron chi connectivity index (χ1n) is 10.2. The van der Waals surface area contributed by atoms with Crippen LogP contribution in [0.2, 0.25) is 5.02 Å². The minimum atomic E-state index is -0.386. The van der Waals surface area contributed by atoms with E-state index in [9.17, 15) is 9.59 Å². The van der Waals surface area contributed by atoms with E-state index in [0.29, 0.717) is 34.4 Å². The van der Waals surface area contributed by atoms with Crippen molar-refractivity contribution in [2.24, 2.45) is 0 Å². The fourth-order valence-corrected chi connectivity index (χ4v) is 4.10. The van der Waals surface area contributed by atoms with Gasteiger partial charge in [0.05, 0.1) is 24.2 Å². The molecule has 3 aromatic rings. The number of hydrogen-bond acceptors (Lipinski definition) is 5. The molecule has 2 aromatic heterocycles. The number of amides is 1. The first-order chi connectivity index (χ1) is 14.9. The fraction of sp³-hybridized carbons (Fsp3) is 0.364. The van der Waals surface area contributed by atoms with Crippen molar-refractivity contribution in [3.63, 3.8) is 0 Å². The lowest BCUT2D eigenvalue weighted by Crippen LogP contribution is -2.36. The van der Waals surface area contributed by atoms with Crippen LogP contribution in [0.5, 0.6) is 5.75 Å². The number of carbonyl (C=O) groups is 1. The Balaban J connectivity index is 1.75. The van der Waals surface area contributed by atoms with Crippen molar-refractivity contribution in [1.29, 1.82) is 0 Å². The number of fused-ring (bicyclic) bond motifs is 1. The van der Waals surface area contributed by atoms with E-state index in [4.69, 9.17) is 21.3 Å². The Morgan fingerprint density at radius 3 is 2.71 bits per heavy atom. The number of nitrogens with zero attached hydrogens (tertiary/aromatic N) is 4. The molecule has 1 N–H and O–H groups in total. The SMILES string of the molecule is COc1ccc(Cl)cc1NC(=O)Cn1c(-n2nc(C)cc2C)nc2c(c1=O)CCCC2. The molecule has 0 saturated carbocycles. The summed E-state index contributed by atoms with van der Waals surface area (Å²) in [5, 5.41) is 7.74. The molecule has 31 heavy (non-hydrogen) atoms. The molecule has 4 rings (SSSR count). The topological polar surface area (TPSA) is 91.0 Å². The molecule has 1 aliphatic rings. The first-order valence-corrected chi connectivity index (χ1v) is 10.5. The number of aromatic nitrogens is 4. The number of hydrogen-bond donors (Lipinski definition) is 1. The van der Waals surface area contributed by atoms with Gasteiger partial charge in [-0.15, -0.1) is 0 Å². The zero-order valence-corrected chi connectivity index (χ0v) is 18.5. The van der Waals surface area contributed by atoms with E-state index >= 15 is 0 Å². The van der Waals surface area contributed by atoms with Crippen molar-refractivity contribution < 1.29 is 9.53 Å². The van der Waals surface area contributed by atoms with Gasteiger partial charge in [-0.1, -0.05) is 11.6 Å². The zero-order valence-electron chi connectivity index (χ0n) is 17.7.